The fourth-order valence-electron chi connectivity index (χ4n) is 3.19. The quantitative estimate of drug-likeness (QED) is 0.797. The second-order valence-electron chi connectivity index (χ2n) is 6.81. The van der Waals surface area contributed by atoms with Crippen LogP contribution in [0.5, 0.6) is 0 Å². The van der Waals surface area contributed by atoms with Crippen molar-refractivity contribution in [2.45, 2.75) is 57.5 Å². The van der Waals surface area contributed by atoms with Gasteiger partial charge in [-0.2, -0.15) is 0 Å². The molecule has 1 aliphatic rings. The van der Waals surface area contributed by atoms with Crippen molar-refractivity contribution in [3.8, 4) is 0 Å². The number of nitrogens with one attached hydrogen (secondary N) is 1. The molecule has 0 spiro atoms. The summed E-state index contributed by atoms with van der Waals surface area (Å²) in [6.45, 7) is 4.67. The van der Waals surface area contributed by atoms with Crippen molar-refractivity contribution in [3.05, 3.63) is 34.3 Å². The topological polar surface area (TPSA) is 49.3 Å². The zero-order valence-corrected chi connectivity index (χ0v) is 15.0. The number of halogens is 1. The molecular weight excluding hydrogens is 342 g/mol. The van der Waals surface area contributed by atoms with E-state index >= 15 is 0 Å². The monoisotopic (exact) mass is 367 g/mol. The van der Waals surface area contributed by atoms with Crippen LogP contribution in [0.1, 0.15) is 57.4 Å². The van der Waals surface area contributed by atoms with Gasteiger partial charge >= 0.3 is 0 Å². The minimum atomic E-state index is -0.680. The molecule has 1 amide bonds. The van der Waals surface area contributed by atoms with Gasteiger partial charge in [-0.1, -0.05) is 54.8 Å². The molecule has 1 fully saturated rings. The Labute approximate surface area is 141 Å². The van der Waals surface area contributed by atoms with Gasteiger partial charge in [-0.05, 0) is 42.4 Å². The van der Waals surface area contributed by atoms with Gasteiger partial charge < -0.3 is 10.4 Å². The molecule has 0 saturated heterocycles. The molecule has 0 aromatic heterocycles. The second-order valence-corrected chi connectivity index (χ2v) is 7.73. The number of aliphatic hydroxyl groups is 1. The standard InChI is InChI=1S/C18H26BrNO2/c1-13(2)16(14-5-7-15(19)8-6-14)11-17(21)20-12-18(22)9-3-4-10-18/h5-8,13,16,22H,3-4,9-12H2,1-2H3,(H,20,21). The summed E-state index contributed by atoms with van der Waals surface area (Å²) >= 11 is 3.44. The Kier molecular flexibility index (Phi) is 6.04. The normalized spacial score (nSPS) is 18.4. The van der Waals surface area contributed by atoms with Crippen molar-refractivity contribution in [3.63, 3.8) is 0 Å². The molecule has 2 N–H and O–H groups in total. The summed E-state index contributed by atoms with van der Waals surface area (Å²) in [5.41, 5.74) is 0.508. The number of benzene rings is 1. The average Bonchev–Trinajstić information content (AvgIpc) is 2.91. The van der Waals surface area contributed by atoms with Crippen LogP contribution in [0.3, 0.4) is 0 Å². The Morgan fingerprint density at radius 2 is 1.86 bits per heavy atom. The Bertz CT molecular complexity index is 492. The van der Waals surface area contributed by atoms with Crippen LogP contribution in [0.2, 0.25) is 0 Å². The fourth-order valence-corrected chi connectivity index (χ4v) is 3.46. The van der Waals surface area contributed by atoms with E-state index in [4.69, 9.17) is 0 Å². The smallest absolute Gasteiger partial charge is 0.220 e. The lowest BCUT2D eigenvalue weighted by Crippen LogP contribution is -2.41. The predicted molar refractivity (Wildman–Crippen MR) is 92.8 cm³/mol. The molecule has 1 unspecified atom stereocenters. The molecule has 0 heterocycles. The van der Waals surface area contributed by atoms with Gasteiger partial charge in [0.1, 0.15) is 0 Å². The molecule has 0 radical (unpaired) electrons. The van der Waals surface area contributed by atoms with Gasteiger partial charge in [0.2, 0.25) is 5.91 Å². The lowest BCUT2D eigenvalue weighted by molar-refractivity contribution is -0.122. The Morgan fingerprint density at radius 3 is 2.41 bits per heavy atom. The molecule has 1 saturated carbocycles. The van der Waals surface area contributed by atoms with Crippen LogP contribution >= 0.6 is 15.9 Å². The molecule has 1 aromatic carbocycles. The van der Waals surface area contributed by atoms with Crippen LogP contribution in [0.4, 0.5) is 0 Å². The van der Waals surface area contributed by atoms with Crippen LogP contribution in [-0.2, 0) is 4.79 Å². The zero-order valence-electron chi connectivity index (χ0n) is 13.4. The lowest BCUT2D eigenvalue weighted by atomic mass is 9.85. The first-order valence-corrected chi connectivity index (χ1v) is 8.93. The molecule has 122 valence electrons. The minimum absolute atomic E-state index is 0.0296. The van der Waals surface area contributed by atoms with Crippen molar-refractivity contribution in [2.24, 2.45) is 5.92 Å². The maximum Gasteiger partial charge on any atom is 0.220 e. The van der Waals surface area contributed by atoms with Crippen LogP contribution < -0.4 is 5.32 Å². The first kappa shape index (κ1) is 17.5. The summed E-state index contributed by atoms with van der Waals surface area (Å²) in [6, 6.07) is 8.19. The van der Waals surface area contributed by atoms with Crippen molar-refractivity contribution in [2.75, 3.05) is 6.54 Å². The number of hydrogen-bond donors (Lipinski definition) is 2. The van der Waals surface area contributed by atoms with Crippen LogP contribution in [0, 0.1) is 5.92 Å². The highest BCUT2D eigenvalue weighted by molar-refractivity contribution is 9.10. The SMILES string of the molecule is CC(C)C(CC(=O)NCC1(O)CCCC1)c1ccc(Br)cc1. The molecule has 1 aromatic rings. The first-order chi connectivity index (χ1) is 10.4. The van der Waals surface area contributed by atoms with E-state index in [0.717, 1.165) is 30.2 Å². The summed E-state index contributed by atoms with van der Waals surface area (Å²) in [4.78, 5) is 12.3. The fraction of sp³-hybridized carbons (Fsp3) is 0.611. The van der Waals surface area contributed by atoms with Gasteiger partial charge in [-0.25, -0.2) is 0 Å². The first-order valence-electron chi connectivity index (χ1n) is 8.14. The number of hydrogen-bond acceptors (Lipinski definition) is 2. The van der Waals surface area contributed by atoms with Crippen molar-refractivity contribution >= 4 is 21.8 Å². The molecule has 4 heteroatoms. The maximum atomic E-state index is 12.3. The third-order valence-electron chi connectivity index (χ3n) is 4.66. The van der Waals surface area contributed by atoms with Gasteiger partial charge in [0.15, 0.2) is 0 Å². The van der Waals surface area contributed by atoms with Crippen molar-refractivity contribution in [1.82, 2.24) is 5.32 Å². The molecule has 1 aliphatic carbocycles. The van der Waals surface area contributed by atoms with Gasteiger partial charge in [-0.15, -0.1) is 0 Å². The van der Waals surface area contributed by atoms with Gasteiger partial charge in [0.25, 0.3) is 0 Å². The summed E-state index contributed by atoms with van der Waals surface area (Å²) in [5, 5.41) is 13.2. The molecule has 2 rings (SSSR count). The van der Waals surface area contributed by atoms with Crippen LogP contribution in [0.25, 0.3) is 0 Å². The maximum absolute atomic E-state index is 12.3. The highest BCUT2D eigenvalue weighted by atomic mass is 79.9. The molecular formula is C18H26BrNO2. The Balaban J connectivity index is 1.93. The van der Waals surface area contributed by atoms with E-state index in [0.29, 0.717) is 18.9 Å². The summed E-state index contributed by atoms with van der Waals surface area (Å²) in [7, 11) is 0. The Hall–Kier alpha value is -0.870. The van der Waals surface area contributed by atoms with E-state index in [1.54, 1.807) is 0 Å². The Morgan fingerprint density at radius 1 is 1.27 bits per heavy atom. The van der Waals surface area contributed by atoms with E-state index in [1.807, 2.05) is 12.1 Å². The van der Waals surface area contributed by atoms with E-state index in [9.17, 15) is 9.90 Å². The average molecular weight is 368 g/mol. The van der Waals surface area contributed by atoms with Gasteiger partial charge in [-0.3, -0.25) is 4.79 Å². The molecule has 1 atom stereocenters. The van der Waals surface area contributed by atoms with E-state index in [2.05, 4.69) is 47.2 Å². The molecule has 3 nitrogen and oxygen atoms in total. The summed E-state index contributed by atoms with van der Waals surface area (Å²) in [6.07, 6.45) is 4.18. The van der Waals surface area contributed by atoms with Crippen LogP contribution in [-0.4, -0.2) is 23.2 Å². The zero-order chi connectivity index (χ0) is 16.2. The number of amides is 1. The van der Waals surface area contributed by atoms with E-state index in [-0.39, 0.29) is 11.8 Å². The number of rotatable bonds is 6. The third kappa shape index (κ3) is 4.82. The molecule has 0 bridgehead atoms. The molecule has 0 aliphatic heterocycles. The summed E-state index contributed by atoms with van der Waals surface area (Å²) in [5.74, 6) is 0.620. The van der Waals surface area contributed by atoms with E-state index in [1.165, 1.54) is 5.56 Å². The number of carbonyl (C=O) groups excluding carboxylic acids is 1. The molecule has 22 heavy (non-hydrogen) atoms. The summed E-state index contributed by atoms with van der Waals surface area (Å²) < 4.78 is 1.05. The predicted octanol–water partition coefficient (Wildman–Crippen LogP) is 4.00. The second kappa shape index (κ2) is 7.60. The van der Waals surface area contributed by atoms with Gasteiger partial charge in [0.05, 0.1) is 5.60 Å². The van der Waals surface area contributed by atoms with Crippen LogP contribution in [0.15, 0.2) is 28.7 Å². The van der Waals surface area contributed by atoms with Crippen molar-refractivity contribution < 1.29 is 9.90 Å². The highest BCUT2D eigenvalue weighted by Crippen LogP contribution is 2.30. The third-order valence-corrected chi connectivity index (χ3v) is 5.19. The van der Waals surface area contributed by atoms with E-state index < -0.39 is 5.60 Å². The lowest BCUT2D eigenvalue weighted by Gasteiger charge is -2.25. The number of carbonyl (C=O) groups is 1. The van der Waals surface area contributed by atoms with Gasteiger partial charge in [0, 0.05) is 17.4 Å². The van der Waals surface area contributed by atoms with Crippen molar-refractivity contribution in [1.29, 1.82) is 0 Å². The highest BCUT2D eigenvalue weighted by Gasteiger charge is 2.31. The minimum Gasteiger partial charge on any atom is -0.388 e. The largest absolute Gasteiger partial charge is 0.388 e.